The highest BCUT2D eigenvalue weighted by Gasteiger charge is 2.00. The fourth-order valence-electron chi connectivity index (χ4n) is 1.81. The molecule has 4 heteroatoms. The molecule has 2 N–H and O–H groups in total. The van der Waals surface area contributed by atoms with Crippen molar-refractivity contribution in [3.8, 4) is 0 Å². The summed E-state index contributed by atoms with van der Waals surface area (Å²) in [6.45, 7) is 7.47. The zero-order chi connectivity index (χ0) is 13.7. The number of anilines is 1. The van der Waals surface area contributed by atoms with Crippen LogP contribution in [0.3, 0.4) is 0 Å². The van der Waals surface area contributed by atoms with Crippen LogP contribution in [0.4, 0.5) is 5.82 Å². The second kappa shape index (κ2) is 6.20. The van der Waals surface area contributed by atoms with Crippen LogP contribution in [0.5, 0.6) is 0 Å². The summed E-state index contributed by atoms with van der Waals surface area (Å²) in [5.74, 6) is 0.711. The van der Waals surface area contributed by atoms with Crippen molar-refractivity contribution < 1.29 is 4.74 Å². The van der Waals surface area contributed by atoms with Crippen LogP contribution in [0.25, 0.3) is 10.8 Å². The molecule has 2 rings (SSSR count). The van der Waals surface area contributed by atoms with E-state index in [2.05, 4.69) is 16.9 Å². The lowest BCUT2D eigenvalue weighted by molar-refractivity contribution is 0.167. The third kappa shape index (κ3) is 3.69. The predicted octanol–water partition coefficient (Wildman–Crippen LogP) is 2.53. The van der Waals surface area contributed by atoms with Gasteiger partial charge < -0.3 is 15.0 Å². The quantitative estimate of drug-likeness (QED) is 0.618. The van der Waals surface area contributed by atoms with Crippen molar-refractivity contribution in [1.29, 1.82) is 0 Å². The van der Waals surface area contributed by atoms with E-state index < -0.39 is 0 Å². The first kappa shape index (κ1) is 13.4. The molecule has 1 aromatic heterocycles. The molecule has 0 aliphatic heterocycles. The topological polar surface area (TPSA) is 54.1 Å². The molecule has 4 nitrogen and oxygen atoms in total. The van der Waals surface area contributed by atoms with Gasteiger partial charge in [-0.3, -0.25) is 4.79 Å². The number of nitrogens with one attached hydrogen (secondary N) is 2. The van der Waals surface area contributed by atoms with E-state index in [9.17, 15) is 4.79 Å². The third-order valence-electron chi connectivity index (χ3n) is 2.66. The smallest absolute Gasteiger partial charge is 0.257 e. The summed E-state index contributed by atoms with van der Waals surface area (Å²) in [4.78, 5) is 14.6. The number of aromatic nitrogens is 1. The van der Waals surface area contributed by atoms with E-state index in [-0.39, 0.29) is 5.56 Å². The Morgan fingerprint density at radius 2 is 2.21 bits per heavy atom. The monoisotopic (exact) mass is 258 g/mol. The summed E-state index contributed by atoms with van der Waals surface area (Å²) < 4.78 is 5.38. The molecule has 0 amide bonds. The van der Waals surface area contributed by atoms with Crippen LogP contribution in [0.1, 0.15) is 6.92 Å². The van der Waals surface area contributed by atoms with Gasteiger partial charge in [0.25, 0.3) is 5.56 Å². The highest BCUT2D eigenvalue weighted by Crippen LogP contribution is 2.12. The molecule has 0 saturated carbocycles. The number of ether oxygens (including phenoxy) is 1. The largest absolute Gasteiger partial charge is 0.375 e. The Balaban J connectivity index is 1.98. The van der Waals surface area contributed by atoms with Crippen LogP contribution >= 0.6 is 0 Å². The van der Waals surface area contributed by atoms with E-state index in [1.807, 2.05) is 37.3 Å². The van der Waals surface area contributed by atoms with Gasteiger partial charge in [0.1, 0.15) is 5.82 Å². The van der Waals surface area contributed by atoms with E-state index in [4.69, 9.17) is 4.74 Å². The predicted molar refractivity (Wildman–Crippen MR) is 78.7 cm³/mol. The van der Waals surface area contributed by atoms with Gasteiger partial charge in [-0.05, 0) is 24.4 Å². The van der Waals surface area contributed by atoms with Crippen molar-refractivity contribution in [3.63, 3.8) is 0 Å². The molecular weight excluding hydrogens is 240 g/mol. The molecule has 0 radical (unpaired) electrons. The molecule has 0 bridgehead atoms. The second-order valence-corrected chi connectivity index (χ2v) is 4.54. The molecule has 1 heterocycles. The van der Waals surface area contributed by atoms with Crippen LogP contribution in [0.2, 0.25) is 0 Å². The minimum atomic E-state index is -0.0801. The van der Waals surface area contributed by atoms with Gasteiger partial charge in [-0.1, -0.05) is 30.4 Å². The molecule has 0 saturated heterocycles. The Morgan fingerprint density at radius 1 is 1.42 bits per heavy atom. The maximum atomic E-state index is 11.8. The SMILES string of the molecule is C=C(C)COCCNc1cc2ccccc2c(=O)[nH]1. The summed E-state index contributed by atoms with van der Waals surface area (Å²) >= 11 is 0. The fourth-order valence-corrected chi connectivity index (χ4v) is 1.81. The Kier molecular flexibility index (Phi) is 4.36. The highest BCUT2D eigenvalue weighted by atomic mass is 16.5. The van der Waals surface area contributed by atoms with Gasteiger partial charge in [0.05, 0.1) is 13.2 Å². The third-order valence-corrected chi connectivity index (χ3v) is 2.66. The summed E-state index contributed by atoms with van der Waals surface area (Å²) in [6, 6.07) is 9.44. The van der Waals surface area contributed by atoms with Gasteiger partial charge in [-0.25, -0.2) is 0 Å². The van der Waals surface area contributed by atoms with Gasteiger partial charge in [0.2, 0.25) is 0 Å². The van der Waals surface area contributed by atoms with Gasteiger partial charge in [0, 0.05) is 11.9 Å². The van der Waals surface area contributed by atoms with E-state index in [1.165, 1.54) is 0 Å². The molecule has 0 fully saturated rings. The Labute approximate surface area is 112 Å². The summed E-state index contributed by atoms with van der Waals surface area (Å²) in [6.07, 6.45) is 0. The number of hydrogen-bond donors (Lipinski definition) is 2. The van der Waals surface area contributed by atoms with Crippen molar-refractivity contribution in [2.75, 3.05) is 25.1 Å². The molecule has 2 aromatic rings. The van der Waals surface area contributed by atoms with Crippen molar-refractivity contribution in [2.24, 2.45) is 0 Å². The first-order valence-corrected chi connectivity index (χ1v) is 6.25. The molecule has 0 atom stereocenters. The van der Waals surface area contributed by atoms with E-state index in [0.717, 1.165) is 11.0 Å². The first-order valence-electron chi connectivity index (χ1n) is 6.25. The minimum Gasteiger partial charge on any atom is -0.375 e. The van der Waals surface area contributed by atoms with Crippen LogP contribution in [0.15, 0.2) is 47.3 Å². The van der Waals surface area contributed by atoms with E-state index >= 15 is 0 Å². The molecule has 100 valence electrons. The molecule has 0 spiro atoms. The number of rotatable bonds is 6. The molecular formula is C15H18N2O2. The standard InChI is InChI=1S/C15H18N2O2/c1-11(2)10-19-8-7-16-14-9-12-5-3-4-6-13(12)15(18)17-14/h3-6,9H,1,7-8,10H2,2H3,(H2,16,17,18). The van der Waals surface area contributed by atoms with Crippen LogP contribution in [0, 0.1) is 0 Å². The lowest BCUT2D eigenvalue weighted by Crippen LogP contribution is -2.15. The highest BCUT2D eigenvalue weighted by molar-refractivity contribution is 5.83. The van der Waals surface area contributed by atoms with E-state index in [1.54, 1.807) is 0 Å². The van der Waals surface area contributed by atoms with Crippen molar-refractivity contribution in [2.45, 2.75) is 6.92 Å². The van der Waals surface area contributed by atoms with Crippen molar-refractivity contribution in [1.82, 2.24) is 4.98 Å². The van der Waals surface area contributed by atoms with Crippen molar-refractivity contribution in [3.05, 3.63) is 52.8 Å². The second-order valence-electron chi connectivity index (χ2n) is 4.54. The van der Waals surface area contributed by atoms with E-state index in [0.29, 0.717) is 31.0 Å². The zero-order valence-corrected chi connectivity index (χ0v) is 11.0. The average molecular weight is 258 g/mol. The van der Waals surface area contributed by atoms with Crippen LogP contribution < -0.4 is 10.9 Å². The summed E-state index contributed by atoms with van der Waals surface area (Å²) in [7, 11) is 0. The molecule has 19 heavy (non-hydrogen) atoms. The Bertz CT molecular complexity index is 631. The normalized spacial score (nSPS) is 10.6. The maximum Gasteiger partial charge on any atom is 0.257 e. The summed E-state index contributed by atoms with van der Waals surface area (Å²) in [5.41, 5.74) is 0.919. The number of fused-ring (bicyclic) bond motifs is 1. The number of benzene rings is 1. The zero-order valence-electron chi connectivity index (χ0n) is 11.0. The van der Waals surface area contributed by atoms with Gasteiger partial charge in [-0.2, -0.15) is 0 Å². The number of aromatic amines is 1. The van der Waals surface area contributed by atoms with Gasteiger partial charge in [-0.15, -0.1) is 0 Å². The van der Waals surface area contributed by atoms with Crippen LogP contribution in [-0.2, 0) is 4.74 Å². The Morgan fingerprint density at radius 3 is 3.00 bits per heavy atom. The average Bonchev–Trinajstić information content (AvgIpc) is 2.38. The molecule has 0 unspecified atom stereocenters. The first-order chi connectivity index (χ1) is 9.16. The molecule has 1 aromatic carbocycles. The summed E-state index contributed by atoms with van der Waals surface area (Å²) in [5, 5.41) is 4.77. The lowest BCUT2D eigenvalue weighted by Gasteiger charge is -2.08. The minimum absolute atomic E-state index is 0.0801. The lowest BCUT2D eigenvalue weighted by atomic mass is 10.2. The van der Waals surface area contributed by atoms with Gasteiger partial charge in [0.15, 0.2) is 0 Å². The van der Waals surface area contributed by atoms with Gasteiger partial charge >= 0.3 is 0 Å². The molecule has 0 aliphatic rings. The Hall–Kier alpha value is -2.07. The fraction of sp³-hybridized carbons (Fsp3) is 0.267. The molecule has 0 aliphatic carbocycles. The van der Waals surface area contributed by atoms with Crippen molar-refractivity contribution >= 4 is 16.6 Å². The number of hydrogen-bond acceptors (Lipinski definition) is 3. The number of pyridine rings is 1. The van der Waals surface area contributed by atoms with Crippen LogP contribution in [-0.4, -0.2) is 24.7 Å². The number of H-pyrrole nitrogens is 1. The maximum absolute atomic E-state index is 11.8.